The molecule has 0 radical (unpaired) electrons. The molecule has 2 aromatic rings. The molecule has 0 atom stereocenters. The highest BCUT2D eigenvalue weighted by molar-refractivity contribution is 7.90. The summed E-state index contributed by atoms with van der Waals surface area (Å²) in [5, 5.41) is 0.934. The summed E-state index contributed by atoms with van der Waals surface area (Å²) in [5.74, 6) is 0. The quantitative estimate of drug-likeness (QED) is 0.852. The Kier molecular flexibility index (Phi) is 2.49. The molecule has 1 aliphatic rings. The van der Waals surface area contributed by atoms with Gasteiger partial charge in [-0.05, 0) is 11.6 Å². The maximum Gasteiger partial charge on any atom is 0.302 e. The molecule has 0 fully saturated rings. The van der Waals surface area contributed by atoms with Gasteiger partial charge in [0.1, 0.15) is 0 Å². The van der Waals surface area contributed by atoms with E-state index < -0.39 is 10.2 Å². The van der Waals surface area contributed by atoms with Gasteiger partial charge in [-0.25, -0.2) is 0 Å². The number of pyridine rings is 1. The third kappa shape index (κ3) is 1.65. The summed E-state index contributed by atoms with van der Waals surface area (Å²) in [7, 11) is -3.44. The smallest absolute Gasteiger partial charge is 0.268 e. The topological polar surface area (TPSA) is 62.3 Å². The number of rotatable bonds is 1. The van der Waals surface area contributed by atoms with E-state index in [1.807, 2.05) is 31.2 Å². The van der Waals surface area contributed by atoms with Gasteiger partial charge in [-0.3, -0.25) is 9.71 Å². The Balaban J connectivity index is 2.25. The van der Waals surface area contributed by atoms with Crippen molar-refractivity contribution >= 4 is 26.8 Å². The Bertz CT molecular complexity index is 712. The van der Waals surface area contributed by atoms with Crippen molar-refractivity contribution < 1.29 is 8.42 Å². The van der Waals surface area contributed by atoms with Crippen LogP contribution in [0.2, 0.25) is 0 Å². The number of nitrogens with one attached hydrogen (secondary N) is 1. The molecule has 6 heteroatoms. The maximum atomic E-state index is 12.0. The first-order chi connectivity index (χ1) is 8.62. The first-order valence-corrected chi connectivity index (χ1v) is 7.20. The summed E-state index contributed by atoms with van der Waals surface area (Å²) < 4.78 is 28.0. The van der Waals surface area contributed by atoms with Crippen LogP contribution in [0.5, 0.6) is 0 Å². The van der Waals surface area contributed by atoms with Gasteiger partial charge in [0.2, 0.25) is 0 Å². The van der Waals surface area contributed by atoms with E-state index in [2.05, 4.69) is 9.71 Å². The molecule has 1 aliphatic heterocycles. The van der Waals surface area contributed by atoms with Gasteiger partial charge < -0.3 is 0 Å². The van der Waals surface area contributed by atoms with Crippen LogP contribution in [0.1, 0.15) is 12.5 Å². The van der Waals surface area contributed by atoms with Crippen molar-refractivity contribution in [3.8, 4) is 0 Å². The number of anilines is 1. The molecule has 0 spiro atoms. The highest BCUT2D eigenvalue weighted by Gasteiger charge is 2.28. The van der Waals surface area contributed by atoms with Gasteiger partial charge in [0.25, 0.3) is 0 Å². The van der Waals surface area contributed by atoms with E-state index in [9.17, 15) is 8.42 Å². The normalized spacial score (nSPS) is 18.3. The Morgan fingerprint density at radius 3 is 3.00 bits per heavy atom. The van der Waals surface area contributed by atoms with Crippen LogP contribution in [0.3, 0.4) is 0 Å². The van der Waals surface area contributed by atoms with Crippen LogP contribution in [0.25, 0.3) is 10.9 Å². The lowest BCUT2D eigenvalue weighted by Gasteiger charge is -2.28. The molecule has 5 nitrogen and oxygen atoms in total. The molecule has 0 unspecified atom stereocenters. The fourth-order valence-electron chi connectivity index (χ4n) is 2.18. The van der Waals surface area contributed by atoms with E-state index in [0.717, 1.165) is 10.9 Å². The van der Waals surface area contributed by atoms with Crippen molar-refractivity contribution in [2.45, 2.75) is 13.5 Å². The molecule has 0 saturated heterocycles. The molecule has 2 heterocycles. The maximum absolute atomic E-state index is 12.0. The standard InChI is InChI=1S/C12H13N3O2S/c1-2-15-8-10-6-5-9-4-3-7-13-11(9)12(10)14-18(15,16)17/h3-7,14H,2,8H2,1H3. The van der Waals surface area contributed by atoms with Crippen LogP contribution in [0, 0.1) is 0 Å². The Labute approximate surface area is 106 Å². The summed E-state index contributed by atoms with van der Waals surface area (Å²) in [6, 6.07) is 7.67. The number of aromatic nitrogens is 1. The number of benzene rings is 1. The zero-order valence-corrected chi connectivity index (χ0v) is 10.7. The zero-order valence-electron chi connectivity index (χ0n) is 9.92. The lowest BCUT2D eigenvalue weighted by Crippen LogP contribution is -2.39. The predicted molar refractivity (Wildman–Crippen MR) is 70.4 cm³/mol. The Morgan fingerprint density at radius 2 is 2.22 bits per heavy atom. The van der Waals surface area contributed by atoms with E-state index in [-0.39, 0.29) is 0 Å². The van der Waals surface area contributed by atoms with Crippen molar-refractivity contribution in [1.29, 1.82) is 0 Å². The number of hydrogen-bond donors (Lipinski definition) is 1. The first-order valence-electron chi connectivity index (χ1n) is 5.76. The third-order valence-electron chi connectivity index (χ3n) is 3.13. The lowest BCUT2D eigenvalue weighted by molar-refractivity contribution is 0.423. The van der Waals surface area contributed by atoms with Crippen LogP contribution in [0.15, 0.2) is 30.5 Å². The van der Waals surface area contributed by atoms with Gasteiger partial charge in [-0.15, -0.1) is 0 Å². The Hall–Kier alpha value is -1.66. The van der Waals surface area contributed by atoms with Crippen LogP contribution < -0.4 is 4.72 Å². The first kappa shape index (κ1) is 11.4. The molecule has 3 rings (SSSR count). The predicted octanol–water partition coefficient (Wildman–Crippen LogP) is 1.73. The molecule has 0 saturated carbocycles. The summed E-state index contributed by atoms with van der Waals surface area (Å²) >= 11 is 0. The monoisotopic (exact) mass is 263 g/mol. The molecule has 1 N–H and O–H groups in total. The average molecular weight is 263 g/mol. The minimum Gasteiger partial charge on any atom is -0.268 e. The van der Waals surface area contributed by atoms with Crippen LogP contribution in [-0.4, -0.2) is 24.3 Å². The average Bonchev–Trinajstić information content (AvgIpc) is 2.37. The minimum absolute atomic E-state index is 0.397. The summed E-state index contributed by atoms with van der Waals surface area (Å²) in [5.41, 5.74) is 2.27. The molecule has 0 amide bonds. The number of hydrogen-bond acceptors (Lipinski definition) is 3. The molecule has 18 heavy (non-hydrogen) atoms. The van der Waals surface area contributed by atoms with E-state index in [4.69, 9.17) is 0 Å². The van der Waals surface area contributed by atoms with E-state index >= 15 is 0 Å². The van der Waals surface area contributed by atoms with Crippen molar-refractivity contribution in [2.24, 2.45) is 0 Å². The largest absolute Gasteiger partial charge is 0.302 e. The third-order valence-corrected chi connectivity index (χ3v) is 4.66. The summed E-state index contributed by atoms with van der Waals surface area (Å²) in [6.07, 6.45) is 1.67. The second kappa shape index (κ2) is 3.93. The van der Waals surface area contributed by atoms with Gasteiger partial charge >= 0.3 is 10.2 Å². The van der Waals surface area contributed by atoms with E-state index in [1.165, 1.54) is 4.31 Å². The number of fused-ring (bicyclic) bond motifs is 3. The van der Waals surface area contributed by atoms with Crippen molar-refractivity contribution in [3.05, 3.63) is 36.0 Å². The highest BCUT2D eigenvalue weighted by Crippen LogP contribution is 2.32. The van der Waals surface area contributed by atoms with Gasteiger partial charge in [-0.2, -0.15) is 12.7 Å². The summed E-state index contributed by atoms with van der Waals surface area (Å²) in [4.78, 5) is 4.27. The van der Waals surface area contributed by atoms with Crippen LogP contribution in [-0.2, 0) is 16.8 Å². The Morgan fingerprint density at radius 1 is 1.39 bits per heavy atom. The molecular formula is C12H13N3O2S. The van der Waals surface area contributed by atoms with Gasteiger partial charge in [-0.1, -0.05) is 25.1 Å². The van der Waals surface area contributed by atoms with Gasteiger partial charge in [0.15, 0.2) is 0 Å². The fourth-order valence-corrected chi connectivity index (χ4v) is 3.45. The molecule has 1 aromatic carbocycles. The van der Waals surface area contributed by atoms with Crippen molar-refractivity contribution in [2.75, 3.05) is 11.3 Å². The molecule has 94 valence electrons. The lowest BCUT2D eigenvalue weighted by atomic mass is 10.1. The minimum atomic E-state index is -3.44. The van der Waals surface area contributed by atoms with E-state index in [1.54, 1.807) is 6.20 Å². The molecule has 1 aromatic heterocycles. The fraction of sp³-hybridized carbons (Fsp3) is 0.250. The number of nitrogens with zero attached hydrogens (tertiary/aromatic N) is 2. The van der Waals surface area contributed by atoms with Gasteiger partial charge in [0, 0.05) is 24.7 Å². The molecule has 0 aliphatic carbocycles. The second-order valence-corrected chi connectivity index (χ2v) is 5.88. The van der Waals surface area contributed by atoms with E-state index in [0.29, 0.717) is 24.3 Å². The van der Waals surface area contributed by atoms with Crippen molar-refractivity contribution in [1.82, 2.24) is 9.29 Å². The second-order valence-electron chi connectivity index (χ2n) is 4.21. The highest BCUT2D eigenvalue weighted by atomic mass is 32.2. The summed E-state index contributed by atoms with van der Waals surface area (Å²) in [6.45, 7) is 2.67. The van der Waals surface area contributed by atoms with Crippen LogP contribution >= 0.6 is 0 Å². The molecular weight excluding hydrogens is 250 g/mol. The van der Waals surface area contributed by atoms with Gasteiger partial charge in [0.05, 0.1) is 11.2 Å². The molecule has 0 bridgehead atoms. The van der Waals surface area contributed by atoms with Crippen molar-refractivity contribution in [3.63, 3.8) is 0 Å². The SMILES string of the molecule is CCN1Cc2ccc3cccnc3c2NS1(=O)=O. The zero-order chi connectivity index (χ0) is 12.8. The van der Waals surface area contributed by atoms with Crippen LogP contribution in [0.4, 0.5) is 5.69 Å².